The van der Waals surface area contributed by atoms with E-state index in [4.69, 9.17) is 9.47 Å². The molecule has 0 saturated heterocycles. The summed E-state index contributed by atoms with van der Waals surface area (Å²) in [7, 11) is 1.54. The van der Waals surface area contributed by atoms with Crippen molar-refractivity contribution in [3.8, 4) is 5.75 Å². The smallest absolute Gasteiger partial charge is 0.338 e. The third-order valence-electron chi connectivity index (χ3n) is 3.08. The van der Waals surface area contributed by atoms with Crippen molar-refractivity contribution in [3.63, 3.8) is 0 Å². The summed E-state index contributed by atoms with van der Waals surface area (Å²) in [4.78, 5) is 24.1. The van der Waals surface area contributed by atoms with Gasteiger partial charge in [0, 0.05) is 5.69 Å². The molecule has 0 bridgehead atoms. The molecule has 0 radical (unpaired) electrons. The van der Waals surface area contributed by atoms with Gasteiger partial charge in [0.1, 0.15) is 5.75 Å². The Morgan fingerprint density at radius 1 is 1.13 bits per heavy atom. The number of carbonyl (C=O) groups excluding carboxylic acids is 2. The standard InChI is InChI=1S/C17H16BrNO4/c1-11(16(20)19-13-6-4-3-5-7-13)23-17(21)12-8-9-15(22-2)14(18)10-12/h3-11H,1-2H3,(H,19,20)/t11-/m1/s1. The first-order valence-corrected chi connectivity index (χ1v) is 7.71. The van der Waals surface area contributed by atoms with Crippen molar-refractivity contribution in [3.05, 3.63) is 58.6 Å². The number of esters is 1. The average molecular weight is 378 g/mol. The van der Waals surface area contributed by atoms with Gasteiger partial charge in [0.05, 0.1) is 17.1 Å². The molecule has 0 spiro atoms. The fraction of sp³-hybridized carbons (Fsp3) is 0.176. The number of halogens is 1. The summed E-state index contributed by atoms with van der Waals surface area (Å²) in [6.07, 6.45) is -0.913. The first-order valence-electron chi connectivity index (χ1n) is 6.91. The second kappa shape index (κ2) is 7.78. The van der Waals surface area contributed by atoms with Crippen LogP contribution in [0.25, 0.3) is 0 Å². The molecular weight excluding hydrogens is 362 g/mol. The number of benzene rings is 2. The molecule has 2 aromatic rings. The van der Waals surface area contributed by atoms with Crippen molar-refractivity contribution < 1.29 is 19.1 Å². The Balaban J connectivity index is 1.99. The van der Waals surface area contributed by atoms with Crippen LogP contribution in [0.2, 0.25) is 0 Å². The average Bonchev–Trinajstić information content (AvgIpc) is 2.55. The first kappa shape index (κ1) is 17.0. The highest BCUT2D eigenvalue weighted by atomic mass is 79.9. The molecule has 1 atom stereocenters. The molecule has 23 heavy (non-hydrogen) atoms. The lowest BCUT2D eigenvalue weighted by molar-refractivity contribution is -0.123. The Morgan fingerprint density at radius 3 is 2.43 bits per heavy atom. The number of methoxy groups -OCH3 is 1. The van der Waals surface area contributed by atoms with Crippen LogP contribution in [0, 0.1) is 0 Å². The highest BCUT2D eigenvalue weighted by Crippen LogP contribution is 2.26. The van der Waals surface area contributed by atoms with Crippen LogP contribution in [0.1, 0.15) is 17.3 Å². The van der Waals surface area contributed by atoms with Crippen molar-refractivity contribution in [1.29, 1.82) is 0 Å². The Labute approximate surface area is 142 Å². The molecule has 2 rings (SSSR count). The maximum atomic E-state index is 12.1. The van der Waals surface area contributed by atoms with Crippen molar-refractivity contribution in [1.82, 2.24) is 0 Å². The predicted octanol–water partition coefficient (Wildman–Crippen LogP) is 3.64. The zero-order valence-corrected chi connectivity index (χ0v) is 14.3. The number of para-hydroxylation sites is 1. The normalized spacial score (nSPS) is 11.4. The lowest BCUT2D eigenvalue weighted by atomic mass is 10.2. The van der Waals surface area contributed by atoms with Crippen LogP contribution in [0.3, 0.4) is 0 Å². The van der Waals surface area contributed by atoms with Crippen molar-refractivity contribution >= 4 is 33.5 Å². The fourth-order valence-electron chi connectivity index (χ4n) is 1.84. The van der Waals surface area contributed by atoms with Gasteiger partial charge in [0.15, 0.2) is 6.10 Å². The molecule has 0 saturated carbocycles. The Kier molecular flexibility index (Phi) is 5.76. The Bertz CT molecular complexity index is 703. The van der Waals surface area contributed by atoms with Crippen molar-refractivity contribution in [2.75, 3.05) is 12.4 Å². The zero-order valence-electron chi connectivity index (χ0n) is 12.7. The first-order chi connectivity index (χ1) is 11.0. The molecule has 1 amide bonds. The number of carbonyl (C=O) groups is 2. The highest BCUT2D eigenvalue weighted by molar-refractivity contribution is 9.10. The maximum absolute atomic E-state index is 12.1. The third kappa shape index (κ3) is 4.56. The lowest BCUT2D eigenvalue weighted by Crippen LogP contribution is -2.30. The minimum absolute atomic E-state index is 0.331. The maximum Gasteiger partial charge on any atom is 0.338 e. The summed E-state index contributed by atoms with van der Waals surface area (Å²) in [6, 6.07) is 13.8. The van der Waals surface area contributed by atoms with E-state index in [1.165, 1.54) is 14.0 Å². The van der Waals surface area contributed by atoms with Crippen LogP contribution in [-0.2, 0) is 9.53 Å². The summed E-state index contributed by atoms with van der Waals surface area (Å²) in [5.74, 6) is -0.363. The van der Waals surface area contributed by atoms with E-state index in [2.05, 4.69) is 21.2 Å². The highest BCUT2D eigenvalue weighted by Gasteiger charge is 2.19. The predicted molar refractivity (Wildman–Crippen MR) is 90.6 cm³/mol. The van der Waals surface area contributed by atoms with E-state index in [1.54, 1.807) is 42.5 Å². The van der Waals surface area contributed by atoms with Crippen molar-refractivity contribution in [2.45, 2.75) is 13.0 Å². The van der Waals surface area contributed by atoms with Gasteiger partial charge >= 0.3 is 5.97 Å². The molecule has 0 aromatic heterocycles. The Morgan fingerprint density at radius 2 is 1.83 bits per heavy atom. The quantitative estimate of drug-likeness (QED) is 0.807. The van der Waals surface area contributed by atoms with Gasteiger partial charge < -0.3 is 14.8 Å². The molecule has 0 aliphatic carbocycles. The monoisotopic (exact) mass is 377 g/mol. The minimum atomic E-state index is -0.913. The van der Waals surface area contributed by atoms with Gasteiger partial charge in [0.25, 0.3) is 5.91 Å². The number of ether oxygens (including phenoxy) is 2. The van der Waals surface area contributed by atoms with Gasteiger partial charge in [-0.05, 0) is 53.2 Å². The van der Waals surface area contributed by atoms with Crippen LogP contribution >= 0.6 is 15.9 Å². The van der Waals surface area contributed by atoms with Gasteiger partial charge in [0.2, 0.25) is 0 Å². The van der Waals surface area contributed by atoms with E-state index in [0.29, 0.717) is 21.5 Å². The molecule has 0 aliphatic heterocycles. The number of nitrogens with one attached hydrogen (secondary N) is 1. The summed E-state index contributed by atoms with van der Waals surface area (Å²) < 4.78 is 10.9. The molecule has 1 N–H and O–H groups in total. The largest absolute Gasteiger partial charge is 0.496 e. The van der Waals surface area contributed by atoms with Gasteiger partial charge in [-0.25, -0.2) is 4.79 Å². The van der Waals surface area contributed by atoms with E-state index in [0.717, 1.165) is 0 Å². The third-order valence-corrected chi connectivity index (χ3v) is 3.70. The van der Waals surface area contributed by atoms with Gasteiger partial charge in [-0.2, -0.15) is 0 Å². The zero-order chi connectivity index (χ0) is 16.8. The lowest BCUT2D eigenvalue weighted by Gasteiger charge is -2.14. The van der Waals surface area contributed by atoms with Crippen LogP contribution in [0.4, 0.5) is 5.69 Å². The van der Waals surface area contributed by atoms with Crippen molar-refractivity contribution in [2.24, 2.45) is 0 Å². The van der Waals surface area contributed by atoms with E-state index in [9.17, 15) is 9.59 Å². The molecule has 0 heterocycles. The summed E-state index contributed by atoms with van der Waals surface area (Å²) in [5.41, 5.74) is 0.977. The van der Waals surface area contributed by atoms with Crippen LogP contribution in [-0.4, -0.2) is 25.1 Å². The van der Waals surface area contributed by atoms with Gasteiger partial charge in [-0.3, -0.25) is 4.79 Å². The molecule has 0 aliphatic rings. The number of amides is 1. The summed E-state index contributed by atoms with van der Waals surface area (Å²) in [6.45, 7) is 1.52. The van der Waals surface area contributed by atoms with Crippen LogP contribution < -0.4 is 10.1 Å². The number of hydrogen-bond acceptors (Lipinski definition) is 4. The van der Waals surface area contributed by atoms with Gasteiger partial charge in [-0.1, -0.05) is 18.2 Å². The molecule has 0 fully saturated rings. The van der Waals surface area contributed by atoms with E-state index in [-0.39, 0.29) is 0 Å². The van der Waals surface area contributed by atoms with Gasteiger partial charge in [-0.15, -0.1) is 0 Å². The topological polar surface area (TPSA) is 64.6 Å². The molecule has 0 unspecified atom stereocenters. The molecule has 120 valence electrons. The number of hydrogen-bond donors (Lipinski definition) is 1. The minimum Gasteiger partial charge on any atom is -0.496 e. The number of anilines is 1. The van der Waals surface area contributed by atoms with E-state index < -0.39 is 18.0 Å². The SMILES string of the molecule is COc1ccc(C(=O)O[C@H](C)C(=O)Nc2ccccc2)cc1Br. The number of rotatable bonds is 5. The van der Waals surface area contributed by atoms with E-state index in [1.807, 2.05) is 6.07 Å². The second-order valence-corrected chi connectivity index (χ2v) is 5.61. The Hall–Kier alpha value is -2.34. The molecule has 2 aromatic carbocycles. The van der Waals surface area contributed by atoms with E-state index >= 15 is 0 Å². The van der Waals surface area contributed by atoms with Crippen LogP contribution in [0.15, 0.2) is 53.0 Å². The van der Waals surface area contributed by atoms with Crippen LogP contribution in [0.5, 0.6) is 5.75 Å². The summed E-state index contributed by atoms with van der Waals surface area (Å²) in [5, 5.41) is 2.68. The fourth-order valence-corrected chi connectivity index (χ4v) is 2.38. The summed E-state index contributed by atoms with van der Waals surface area (Å²) >= 11 is 3.30. The molecule has 5 nitrogen and oxygen atoms in total. The molecule has 6 heteroatoms. The molecular formula is C17H16BrNO4. The second-order valence-electron chi connectivity index (χ2n) is 4.75.